The fraction of sp³-hybridized carbons (Fsp3) is 1.00. The van der Waals surface area contributed by atoms with E-state index in [0.29, 0.717) is 0 Å². The second kappa shape index (κ2) is 6.89. The second-order valence-corrected chi connectivity index (χ2v) is 3.16. The van der Waals surface area contributed by atoms with E-state index in [-0.39, 0.29) is 5.38 Å². The highest BCUT2D eigenvalue weighted by atomic mass is 35.5. The highest BCUT2D eigenvalue weighted by molar-refractivity contribution is 6.20. The first-order valence-electron chi connectivity index (χ1n) is 4.08. The van der Waals surface area contributed by atoms with Crippen molar-refractivity contribution < 1.29 is 9.84 Å². The van der Waals surface area contributed by atoms with Crippen molar-refractivity contribution in [3.8, 4) is 0 Å². The van der Waals surface area contributed by atoms with E-state index < -0.39 is 6.10 Å². The van der Waals surface area contributed by atoms with Crippen molar-refractivity contribution in [2.24, 2.45) is 0 Å². The molecule has 2 unspecified atom stereocenters. The lowest BCUT2D eigenvalue weighted by Gasteiger charge is -2.11. The summed E-state index contributed by atoms with van der Waals surface area (Å²) in [5.41, 5.74) is 0. The predicted octanol–water partition coefficient (Wildman–Crippen LogP) is 1.79. The zero-order valence-corrected chi connectivity index (χ0v) is 7.97. The van der Waals surface area contributed by atoms with Crippen molar-refractivity contribution in [1.82, 2.24) is 0 Å². The maximum absolute atomic E-state index is 9.00. The number of rotatable bonds is 6. The number of hydrogen-bond acceptors (Lipinski definition) is 2. The van der Waals surface area contributed by atoms with Crippen LogP contribution in [-0.4, -0.2) is 29.8 Å². The maximum Gasteiger partial charge on any atom is 0.0675 e. The third-order valence-corrected chi connectivity index (χ3v) is 2.08. The maximum atomic E-state index is 9.00. The summed E-state index contributed by atoms with van der Waals surface area (Å²) in [5.74, 6) is 0. The van der Waals surface area contributed by atoms with Crippen molar-refractivity contribution >= 4 is 11.6 Å². The van der Waals surface area contributed by atoms with Gasteiger partial charge in [-0.15, -0.1) is 11.6 Å². The van der Waals surface area contributed by atoms with Gasteiger partial charge in [0.1, 0.15) is 0 Å². The molecule has 0 aromatic rings. The summed E-state index contributed by atoms with van der Waals surface area (Å²) in [7, 11) is 0. The molecule has 0 heterocycles. The van der Waals surface area contributed by atoms with Gasteiger partial charge in [0, 0.05) is 13.2 Å². The number of aliphatic hydroxyl groups is 1. The van der Waals surface area contributed by atoms with Crippen LogP contribution in [0.5, 0.6) is 0 Å². The van der Waals surface area contributed by atoms with Gasteiger partial charge in [0.25, 0.3) is 0 Å². The van der Waals surface area contributed by atoms with E-state index in [4.69, 9.17) is 21.4 Å². The molecule has 11 heavy (non-hydrogen) atoms. The molecule has 3 heteroatoms. The Morgan fingerprint density at radius 2 is 2.18 bits per heavy atom. The lowest BCUT2D eigenvalue weighted by Crippen LogP contribution is -2.16. The van der Waals surface area contributed by atoms with Gasteiger partial charge in [-0.3, -0.25) is 0 Å². The fourth-order valence-corrected chi connectivity index (χ4v) is 0.920. The molecular formula is C8H17ClO2. The van der Waals surface area contributed by atoms with Crippen molar-refractivity contribution in [3.63, 3.8) is 0 Å². The molecule has 0 aromatic carbocycles. The van der Waals surface area contributed by atoms with Crippen molar-refractivity contribution in [2.45, 2.75) is 38.2 Å². The molecule has 0 spiro atoms. The Hall–Kier alpha value is 0.210. The molecule has 2 nitrogen and oxygen atoms in total. The molecule has 68 valence electrons. The summed E-state index contributed by atoms with van der Waals surface area (Å²) in [6, 6.07) is 0. The van der Waals surface area contributed by atoms with Crippen LogP contribution in [0.15, 0.2) is 0 Å². The van der Waals surface area contributed by atoms with E-state index in [1.165, 1.54) is 0 Å². The van der Waals surface area contributed by atoms with Gasteiger partial charge >= 0.3 is 0 Å². The highest BCUT2D eigenvalue weighted by Crippen LogP contribution is 2.09. The molecule has 0 saturated carbocycles. The second-order valence-electron chi connectivity index (χ2n) is 2.60. The monoisotopic (exact) mass is 180 g/mol. The Morgan fingerprint density at radius 3 is 2.64 bits per heavy atom. The smallest absolute Gasteiger partial charge is 0.0675 e. The van der Waals surface area contributed by atoms with Gasteiger partial charge in [-0.25, -0.2) is 0 Å². The molecule has 0 amide bonds. The number of aliphatic hydroxyl groups excluding tert-OH is 1. The number of halogens is 1. The van der Waals surface area contributed by atoms with Crippen LogP contribution >= 0.6 is 11.6 Å². The van der Waals surface area contributed by atoms with Crippen LogP contribution in [0.25, 0.3) is 0 Å². The molecular weight excluding hydrogens is 164 g/mol. The van der Waals surface area contributed by atoms with Crippen molar-refractivity contribution in [1.29, 1.82) is 0 Å². The molecule has 0 aliphatic carbocycles. The van der Waals surface area contributed by atoms with Crippen molar-refractivity contribution in [2.75, 3.05) is 13.2 Å². The van der Waals surface area contributed by atoms with Crippen LogP contribution in [0.3, 0.4) is 0 Å². The first-order valence-corrected chi connectivity index (χ1v) is 4.52. The van der Waals surface area contributed by atoms with Crippen LogP contribution in [0.4, 0.5) is 0 Å². The Labute approximate surface area is 73.5 Å². The number of ether oxygens (including phenoxy) is 1. The normalized spacial score (nSPS) is 16.4. The Kier molecular flexibility index (Phi) is 7.02. The van der Waals surface area contributed by atoms with Gasteiger partial charge in [-0.1, -0.05) is 0 Å². The van der Waals surface area contributed by atoms with Crippen LogP contribution in [0.2, 0.25) is 0 Å². The molecule has 0 saturated heterocycles. The topological polar surface area (TPSA) is 29.5 Å². The molecule has 0 bridgehead atoms. The number of hydrogen-bond donors (Lipinski definition) is 1. The minimum atomic E-state index is -0.418. The van der Waals surface area contributed by atoms with Crippen molar-refractivity contribution in [3.05, 3.63) is 0 Å². The summed E-state index contributed by atoms with van der Waals surface area (Å²) in [6.07, 6.45) is 1.32. The van der Waals surface area contributed by atoms with Gasteiger partial charge in [0.05, 0.1) is 11.5 Å². The number of alkyl halides is 1. The van der Waals surface area contributed by atoms with Crippen LogP contribution in [0.1, 0.15) is 26.7 Å². The summed E-state index contributed by atoms with van der Waals surface area (Å²) in [5, 5.41) is 8.88. The average Bonchev–Trinajstić information content (AvgIpc) is 1.97. The molecule has 0 fully saturated rings. The van der Waals surface area contributed by atoms with E-state index in [1.807, 2.05) is 6.92 Å². The van der Waals surface area contributed by atoms with E-state index in [0.717, 1.165) is 26.1 Å². The SMILES string of the molecule is CCOCCCC(Cl)C(C)O. The van der Waals surface area contributed by atoms with Gasteiger partial charge in [0.15, 0.2) is 0 Å². The Bertz CT molecular complexity index is 86.2. The van der Waals surface area contributed by atoms with Gasteiger partial charge in [-0.2, -0.15) is 0 Å². The first-order chi connectivity index (χ1) is 5.18. The standard InChI is InChI=1S/C8H17ClO2/c1-3-11-6-4-5-8(9)7(2)10/h7-8,10H,3-6H2,1-2H3. The van der Waals surface area contributed by atoms with Crippen LogP contribution in [0, 0.1) is 0 Å². The summed E-state index contributed by atoms with van der Waals surface area (Å²) < 4.78 is 5.12. The predicted molar refractivity (Wildman–Crippen MR) is 47.0 cm³/mol. The zero-order valence-electron chi connectivity index (χ0n) is 7.22. The third kappa shape index (κ3) is 6.60. The fourth-order valence-electron chi connectivity index (χ4n) is 0.766. The lowest BCUT2D eigenvalue weighted by molar-refractivity contribution is 0.135. The minimum Gasteiger partial charge on any atom is -0.392 e. The van der Waals surface area contributed by atoms with Crippen LogP contribution < -0.4 is 0 Å². The lowest BCUT2D eigenvalue weighted by atomic mass is 10.2. The first kappa shape index (κ1) is 11.2. The summed E-state index contributed by atoms with van der Waals surface area (Å²) >= 11 is 5.79. The molecule has 0 aliphatic rings. The van der Waals surface area contributed by atoms with E-state index in [9.17, 15) is 0 Å². The van der Waals surface area contributed by atoms with E-state index in [1.54, 1.807) is 6.92 Å². The highest BCUT2D eigenvalue weighted by Gasteiger charge is 2.09. The average molecular weight is 181 g/mol. The Balaban J connectivity index is 3.10. The summed E-state index contributed by atoms with van der Waals surface area (Å²) in [6.45, 7) is 5.17. The van der Waals surface area contributed by atoms with E-state index in [2.05, 4.69) is 0 Å². The van der Waals surface area contributed by atoms with Gasteiger partial charge in [-0.05, 0) is 26.7 Å². The minimum absolute atomic E-state index is 0.129. The van der Waals surface area contributed by atoms with E-state index >= 15 is 0 Å². The third-order valence-electron chi connectivity index (χ3n) is 1.50. The molecule has 0 aromatic heterocycles. The molecule has 1 N–H and O–H groups in total. The molecule has 0 radical (unpaired) electrons. The quantitative estimate of drug-likeness (QED) is 0.499. The molecule has 0 rings (SSSR count). The van der Waals surface area contributed by atoms with Gasteiger partial charge in [0.2, 0.25) is 0 Å². The molecule has 2 atom stereocenters. The summed E-state index contributed by atoms with van der Waals surface area (Å²) in [4.78, 5) is 0. The van der Waals surface area contributed by atoms with Gasteiger partial charge < -0.3 is 9.84 Å². The largest absolute Gasteiger partial charge is 0.392 e. The Morgan fingerprint density at radius 1 is 1.55 bits per heavy atom. The molecule has 0 aliphatic heterocycles. The van der Waals surface area contributed by atoms with Crippen LogP contribution in [-0.2, 0) is 4.74 Å². The zero-order chi connectivity index (χ0) is 8.69.